The van der Waals surface area contributed by atoms with Crippen molar-refractivity contribution in [3.05, 3.63) is 30.0 Å². The first-order valence-corrected chi connectivity index (χ1v) is 5.28. The molecule has 1 aromatic carbocycles. The molecule has 78 valence electrons. The Bertz CT molecular complexity index is 489. The minimum absolute atomic E-state index is 0.559. The van der Waals surface area contributed by atoms with Crippen LogP contribution >= 0.6 is 0 Å². The maximum Gasteiger partial charge on any atom is 0.167 e. The number of hydrogen-bond donors (Lipinski definition) is 0. The molecule has 2 unspecified atom stereocenters. The summed E-state index contributed by atoms with van der Waals surface area (Å²) in [5.74, 6) is 0.559. The molecular formula is C12H14N2O. The van der Waals surface area contributed by atoms with Gasteiger partial charge in [0.1, 0.15) is 0 Å². The Labute approximate surface area is 88.7 Å². The maximum atomic E-state index is 5.31. The normalized spacial score (nSPS) is 25.0. The molecule has 3 rings (SSSR count). The van der Waals surface area contributed by atoms with E-state index in [0.717, 1.165) is 11.3 Å². The molecule has 0 bridgehead atoms. The van der Waals surface area contributed by atoms with E-state index in [4.69, 9.17) is 4.52 Å². The van der Waals surface area contributed by atoms with Crippen molar-refractivity contribution in [1.29, 1.82) is 0 Å². The van der Waals surface area contributed by atoms with Crippen LogP contribution in [0, 0.1) is 0 Å². The SMILES string of the molecule is CN(C)C1CC1c1noc2ccccc12. The van der Waals surface area contributed by atoms with Crippen molar-refractivity contribution in [2.45, 2.75) is 18.4 Å². The van der Waals surface area contributed by atoms with Crippen LogP contribution in [-0.2, 0) is 0 Å². The summed E-state index contributed by atoms with van der Waals surface area (Å²) in [6.07, 6.45) is 1.20. The summed E-state index contributed by atoms with van der Waals surface area (Å²) >= 11 is 0. The van der Waals surface area contributed by atoms with Gasteiger partial charge in [0.2, 0.25) is 0 Å². The average molecular weight is 202 g/mol. The van der Waals surface area contributed by atoms with E-state index in [1.54, 1.807) is 0 Å². The second-order valence-electron chi connectivity index (χ2n) is 4.44. The van der Waals surface area contributed by atoms with Crippen molar-refractivity contribution in [2.24, 2.45) is 0 Å². The zero-order valence-electron chi connectivity index (χ0n) is 8.97. The average Bonchev–Trinajstić information content (AvgIpc) is 2.92. The lowest BCUT2D eigenvalue weighted by Crippen LogP contribution is -2.15. The van der Waals surface area contributed by atoms with Gasteiger partial charge in [0.25, 0.3) is 0 Å². The summed E-state index contributed by atoms with van der Waals surface area (Å²) in [4.78, 5) is 2.26. The van der Waals surface area contributed by atoms with Crippen LogP contribution in [0.15, 0.2) is 28.8 Å². The van der Waals surface area contributed by atoms with Gasteiger partial charge in [-0.15, -0.1) is 0 Å². The van der Waals surface area contributed by atoms with Gasteiger partial charge in [-0.1, -0.05) is 17.3 Å². The Morgan fingerprint density at radius 3 is 2.87 bits per heavy atom. The number of para-hydroxylation sites is 1. The van der Waals surface area contributed by atoms with Gasteiger partial charge in [0.15, 0.2) is 5.58 Å². The molecule has 3 nitrogen and oxygen atoms in total. The van der Waals surface area contributed by atoms with Crippen LogP contribution in [0.4, 0.5) is 0 Å². The smallest absolute Gasteiger partial charge is 0.167 e. The Hall–Kier alpha value is -1.35. The minimum Gasteiger partial charge on any atom is -0.356 e. The molecule has 0 radical (unpaired) electrons. The number of fused-ring (bicyclic) bond motifs is 1. The highest BCUT2D eigenvalue weighted by atomic mass is 16.5. The predicted molar refractivity (Wildman–Crippen MR) is 58.8 cm³/mol. The highest BCUT2D eigenvalue weighted by Gasteiger charge is 2.42. The van der Waals surface area contributed by atoms with Gasteiger partial charge in [0.05, 0.1) is 5.69 Å². The van der Waals surface area contributed by atoms with E-state index in [2.05, 4.69) is 30.2 Å². The summed E-state index contributed by atoms with van der Waals surface area (Å²) < 4.78 is 5.31. The van der Waals surface area contributed by atoms with Gasteiger partial charge < -0.3 is 9.42 Å². The summed E-state index contributed by atoms with van der Waals surface area (Å²) in [5, 5.41) is 5.36. The summed E-state index contributed by atoms with van der Waals surface area (Å²) in [5.41, 5.74) is 2.03. The Morgan fingerprint density at radius 1 is 1.33 bits per heavy atom. The van der Waals surface area contributed by atoms with Gasteiger partial charge in [-0.05, 0) is 32.6 Å². The molecule has 0 amide bonds. The van der Waals surface area contributed by atoms with Gasteiger partial charge in [-0.25, -0.2) is 0 Å². The summed E-state index contributed by atoms with van der Waals surface area (Å²) in [6.45, 7) is 0. The topological polar surface area (TPSA) is 29.3 Å². The number of aromatic nitrogens is 1. The third kappa shape index (κ3) is 1.35. The monoisotopic (exact) mass is 202 g/mol. The molecule has 2 aromatic rings. The molecule has 1 aromatic heterocycles. The fraction of sp³-hybridized carbons (Fsp3) is 0.417. The van der Waals surface area contributed by atoms with Crippen LogP contribution in [-0.4, -0.2) is 30.2 Å². The van der Waals surface area contributed by atoms with Crippen molar-refractivity contribution in [3.63, 3.8) is 0 Å². The van der Waals surface area contributed by atoms with E-state index in [-0.39, 0.29) is 0 Å². The molecule has 1 aliphatic carbocycles. The third-order valence-electron chi connectivity index (χ3n) is 3.18. The lowest BCUT2D eigenvalue weighted by molar-refractivity contribution is 0.385. The van der Waals surface area contributed by atoms with E-state index in [1.165, 1.54) is 11.8 Å². The van der Waals surface area contributed by atoms with Crippen molar-refractivity contribution in [2.75, 3.05) is 14.1 Å². The molecule has 0 aliphatic heterocycles. The highest BCUT2D eigenvalue weighted by molar-refractivity contribution is 5.80. The Balaban J connectivity index is 2.00. The van der Waals surface area contributed by atoms with E-state index in [9.17, 15) is 0 Å². The number of benzene rings is 1. The molecule has 1 heterocycles. The highest BCUT2D eigenvalue weighted by Crippen LogP contribution is 2.45. The second-order valence-corrected chi connectivity index (χ2v) is 4.44. The predicted octanol–water partition coefficient (Wildman–Crippen LogP) is 2.25. The van der Waals surface area contributed by atoms with Crippen LogP contribution in [0.3, 0.4) is 0 Å². The molecule has 0 saturated heterocycles. The maximum absolute atomic E-state index is 5.31. The fourth-order valence-electron chi connectivity index (χ4n) is 2.22. The first-order valence-electron chi connectivity index (χ1n) is 5.28. The van der Waals surface area contributed by atoms with Crippen LogP contribution in [0.1, 0.15) is 18.0 Å². The molecule has 2 atom stereocenters. The van der Waals surface area contributed by atoms with Gasteiger partial charge >= 0.3 is 0 Å². The van der Waals surface area contributed by atoms with Crippen molar-refractivity contribution in [3.8, 4) is 0 Å². The number of likely N-dealkylation sites (N-methyl/N-ethyl adjacent to an activating group) is 1. The Kier molecular flexibility index (Phi) is 1.83. The van der Waals surface area contributed by atoms with E-state index < -0.39 is 0 Å². The van der Waals surface area contributed by atoms with Crippen LogP contribution in [0.2, 0.25) is 0 Å². The molecule has 1 aliphatic rings. The summed E-state index contributed by atoms with van der Waals surface area (Å²) in [6, 6.07) is 8.72. The standard InChI is InChI=1S/C12H14N2O/c1-14(2)10-7-9(10)12-8-5-3-4-6-11(8)15-13-12/h3-6,9-10H,7H2,1-2H3. The minimum atomic E-state index is 0.559. The van der Waals surface area contributed by atoms with E-state index >= 15 is 0 Å². The number of nitrogens with zero attached hydrogens (tertiary/aromatic N) is 2. The van der Waals surface area contributed by atoms with Crippen LogP contribution in [0.5, 0.6) is 0 Å². The van der Waals surface area contributed by atoms with Crippen LogP contribution < -0.4 is 0 Å². The molecule has 0 spiro atoms. The summed E-state index contributed by atoms with van der Waals surface area (Å²) in [7, 11) is 4.24. The van der Waals surface area contributed by atoms with Gasteiger partial charge in [-0.2, -0.15) is 0 Å². The molecule has 3 heteroatoms. The quantitative estimate of drug-likeness (QED) is 0.748. The fourth-order valence-corrected chi connectivity index (χ4v) is 2.22. The van der Waals surface area contributed by atoms with Gasteiger partial charge in [-0.3, -0.25) is 0 Å². The van der Waals surface area contributed by atoms with Crippen molar-refractivity contribution in [1.82, 2.24) is 10.1 Å². The van der Waals surface area contributed by atoms with Crippen LogP contribution in [0.25, 0.3) is 11.0 Å². The second kappa shape index (κ2) is 3.07. The molecule has 1 fully saturated rings. The molecule has 15 heavy (non-hydrogen) atoms. The zero-order valence-corrected chi connectivity index (χ0v) is 8.97. The zero-order chi connectivity index (χ0) is 10.4. The lowest BCUT2D eigenvalue weighted by Gasteiger charge is -2.06. The van der Waals surface area contributed by atoms with E-state index in [0.29, 0.717) is 12.0 Å². The van der Waals surface area contributed by atoms with E-state index in [1.807, 2.05) is 18.2 Å². The molecular weight excluding hydrogens is 188 g/mol. The lowest BCUT2D eigenvalue weighted by atomic mass is 10.1. The third-order valence-corrected chi connectivity index (χ3v) is 3.18. The molecule has 0 N–H and O–H groups in total. The largest absolute Gasteiger partial charge is 0.356 e. The first kappa shape index (κ1) is 8.92. The first-order chi connectivity index (χ1) is 7.27. The van der Waals surface area contributed by atoms with Crippen molar-refractivity contribution < 1.29 is 4.52 Å². The molecule has 1 saturated carbocycles. The Morgan fingerprint density at radius 2 is 2.13 bits per heavy atom. The number of rotatable bonds is 2. The van der Waals surface area contributed by atoms with Crippen molar-refractivity contribution >= 4 is 11.0 Å². The van der Waals surface area contributed by atoms with Gasteiger partial charge in [0, 0.05) is 17.3 Å². The number of hydrogen-bond acceptors (Lipinski definition) is 3.